The summed E-state index contributed by atoms with van der Waals surface area (Å²) < 4.78 is 24.3. The largest absolute Gasteiger partial charge is 0.497 e. The fourth-order valence-corrected chi connectivity index (χ4v) is 3.81. The van der Waals surface area contributed by atoms with Crippen LogP contribution < -0.4 is 14.2 Å². The van der Waals surface area contributed by atoms with Gasteiger partial charge in [0, 0.05) is 17.0 Å². The molecule has 5 aromatic rings. The van der Waals surface area contributed by atoms with Crippen molar-refractivity contribution in [2.45, 2.75) is 6.61 Å². The van der Waals surface area contributed by atoms with E-state index in [2.05, 4.69) is 10.1 Å². The maximum absolute atomic E-state index is 6.08. The minimum Gasteiger partial charge on any atom is -0.497 e. The molecule has 7 nitrogen and oxygen atoms in total. The summed E-state index contributed by atoms with van der Waals surface area (Å²) in [5.41, 5.74) is 2.39. The van der Waals surface area contributed by atoms with Crippen molar-refractivity contribution in [1.29, 1.82) is 0 Å². The molecule has 0 atom stereocenters. The van der Waals surface area contributed by atoms with Crippen molar-refractivity contribution in [3.63, 3.8) is 0 Å². The van der Waals surface area contributed by atoms with Crippen molar-refractivity contribution >= 4 is 27.3 Å². The van der Waals surface area contributed by atoms with Crippen molar-refractivity contribution in [1.82, 2.24) is 14.6 Å². The molecule has 0 bridgehead atoms. The Balaban J connectivity index is 1.52. The molecule has 0 saturated carbocycles. The van der Waals surface area contributed by atoms with Gasteiger partial charge < -0.3 is 18.6 Å². The molecule has 3 heterocycles. The minimum absolute atomic E-state index is 0.397. The standard InChI is InChI=1S/C21H17N3O4S/c1-25-15-8-13(12-27-14-6-4-3-5-7-14)16-10-19(28-18(16)9-15)17-11-24-20(22-17)29-21(23-24)26-2/h3-11H,12H2,1-2H3. The van der Waals surface area contributed by atoms with Gasteiger partial charge in [0.1, 0.15) is 29.4 Å². The molecule has 8 heteroatoms. The summed E-state index contributed by atoms with van der Waals surface area (Å²) in [6.07, 6.45) is 1.82. The summed E-state index contributed by atoms with van der Waals surface area (Å²) in [6.45, 7) is 0.397. The lowest BCUT2D eigenvalue weighted by Gasteiger charge is -2.08. The average molecular weight is 407 g/mol. The lowest BCUT2D eigenvalue weighted by molar-refractivity contribution is 0.306. The highest BCUT2D eigenvalue weighted by Crippen LogP contribution is 2.34. The van der Waals surface area contributed by atoms with Crippen LogP contribution in [0.3, 0.4) is 0 Å². The van der Waals surface area contributed by atoms with E-state index >= 15 is 0 Å². The number of aromatic nitrogens is 3. The van der Waals surface area contributed by atoms with Crippen LogP contribution in [0.1, 0.15) is 5.56 Å². The molecule has 0 fully saturated rings. The quantitative estimate of drug-likeness (QED) is 0.403. The summed E-state index contributed by atoms with van der Waals surface area (Å²) >= 11 is 1.37. The second-order valence-electron chi connectivity index (χ2n) is 6.34. The van der Waals surface area contributed by atoms with Crippen LogP contribution in [0, 0.1) is 0 Å². The smallest absolute Gasteiger partial charge is 0.294 e. The summed E-state index contributed by atoms with van der Waals surface area (Å²) in [7, 11) is 3.22. The third-order valence-electron chi connectivity index (χ3n) is 4.52. The molecule has 3 aromatic heterocycles. The van der Waals surface area contributed by atoms with Crippen molar-refractivity contribution in [3.8, 4) is 28.1 Å². The van der Waals surface area contributed by atoms with E-state index in [1.807, 2.05) is 54.7 Å². The predicted octanol–water partition coefficient (Wildman–Crippen LogP) is 4.80. The third-order valence-corrected chi connectivity index (χ3v) is 5.41. The lowest BCUT2D eigenvalue weighted by Crippen LogP contribution is -1.96. The van der Waals surface area contributed by atoms with Gasteiger partial charge in [0.25, 0.3) is 5.19 Å². The van der Waals surface area contributed by atoms with Crippen LogP contribution in [-0.2, 0) is 6.61 Å². The van der Waals surface area contributed by atoms with Gasteiger partial charge >= 0.3 is 0 Å². The molecule has 0 saturated heterocycles. The predicted molar refractivity (Wildman–Crippen MR) is 110 cm³/mol. The van der Waals surface area contributed by atoms with Crippen LogP contribution in [0.5, 0.6) is 16.7 Å². The van der Waals surface area contributed by atoms with Gasteiger partial charge in [0.05, 0.1) is 20.4 Å². The molecule has 146 valence electrons. The number of benzene rings is 2. The zero-order valence-corrected chi connectivity index (χ0v) is 16.6. The van der Waals surface area contributed by atoms with Gasteiger partial charge in [-0.15, -0.1) is 5.10 Å². The van der Waals surface area contributed by atoms with Crippen molar-refractivity contribution in [3.05, 3.63) is 60.3 Å². The highest BCUT2D eigenvalue weighted by atomic mass is 32.1. The zero-order chi connectivity index (χ0) is 19.8. The van der Waals surface area contributed by atoms with Gasteiger partial charge in [0.2, 0.25) is 4.96 Å². The number of nitrogens with zero attached hydrogens (tertiary/aromatic N) is 3. The SMILES string of the molecule is COc1cc(COc2ccccc2)c2cc(-c3cn4nc(OC)sc4n3)oc2c1. The first-order valence-corrected chi connectivity index (χ1v) is 9.74. The van der Waals surface area contributed by atoms with Gasteiger partial charge in [-0.25, -0.2) is 9.50 Å². The molecule has 0 N–H and O–H groups in total. The average Bonchev–Trinajstić information content (AvgIpc) is 3.44. The molecule has 5 rings (SSSR count). The molecule has 0 aliphatic heterocycles. The van der Waals surface area contributed by atoms with Gasteiger partial charge in [-0.3, -0.25) is 0 Å². The second kappa shape index (κ2) is 7.14. The Labute approximate surface area is 170 Å². The molecule has 2 aromatic carbocycles. The number of hydrogen-bond acceptors (Lipinski definition) is 7. The number of methoxy groups -OCH3 is 2. The molecule has 29 heavy (non-hydrogen) atoms. The molecule has 0 radical (unpaired) electrons. The Morgan fingerprint density at radius 1 is 1.03 bits per heavy atom. The maximum atomic E-state index is 6.08. The number of furan rings is 1. The van der Waals surface area contributed by atoms with Crippen molar-refractivity contribution in [2.75, 3.05) is 14.2 Å². The fourth-order valence-electron chi connectivity index (χ4n) is 3.11. The van der Waals surface area contributed by atoms with E-state index in [1.165, 1.54) is 11.3 Å². The highest BCUT2D eigenvalue weighted by Gasteiger charge is 2.16. The number of rotatable bonds is 6. The number of fused-ring (bicyclic) bond motifs is 2. The molecule has 0 aliphatic rings. The van der Waals surface area contributed by atoms with E-state index in [4.69, 9.17) is 18.6 Å². The molecular formula is C21H17N3O4S. The topological polar surface area (TPSA) is 71.0 Å². The van der Waals surface area contributed by atoms with Gasteiger partial charge in [-0.05, 0) is 35.6 Å². The number of hydrogen-bond donors (Lipinski definition) is 0. The first kappa shape index (κ1) is 17.6. The van der Waals surface area contributed by atoms with Crippen LogP contribution >= 0.6 is 11.3 Å². The van der Waals surface area contributed by atoms with Gasteiger partial charge in [-0.2, -0.15) is 0 Å². The van der Waals surface area contributed by atoms with E-state index in [9.17, 15) is 0 Å². The van der Waals surface area contributed by atoms with Gasteiger partial charge in [-0.1, -0.05) is 18.2 Å². The monoisotopic (exact) mass is 407 g/mol. The Hall–Kier alpha value is -3.52. The Kier molecular flexibility index (Phi) is 4.33. The van der Waals surface area contributed by atoms with E-state index in [1.54, 1.807) is 18.7 Å². The first-order valence-electron chi connectivity index (χ1n) is 8.92. The Bertz CT molecular complexity index is 1260. The van der Waals surface area contributed by atoms with Crippen LogP contribution in [-0.4, -0.2) is 28.8 Å². The van der Waals surface area contributed by atoms with E-state index < -0.39 is 0 Å². The third kappa shape index (κ3) is 3.27. The molecule has 0 amide bonds. The van der Waals surface area contributed by atoms with E-state index in [0.29, 0.717) is 34.6 Å². The summed E-state index contributed by atoms with van der Waals surface area (Å²) in [4.78, 5) is 5.33. The van der Waals surface area contributed by atoms with Crippen LogP contribution in [0.25, 0.3) is 27.4 Å². The summed E-state index contributed by atoms with van der Waals surface area (Å²) in [5, 5.41) is 5.83. The normalized spacial score (nSPS) is 11.2. The molecule has 0 spiro atoms. The molecule has 0 unspecified atom stereocenters. The second-order valence-corrected chi connectivity index (χ2v) is 7.25. The van der Waals surface area contributed by atoms with Crippen LogP contribution in [0.2, 0.25) is 0 Å². The van der Waals surface area contributed by atoms with E-state index in [-0.39, 0.29) is 0 Å². The van der Waals surface area contributed by atoms with Crippen LogP contribution in [0.15, 0.2) is 59.1 Å². The zero-order valence-electron chi connectivity index (χ0n) is 15.8. The number of para-hydroxylation sites is 1. The first-order chi connectivity index (χ1) is 14.2. The maximum Gasteiger partial charge on any atom is 0.294 e. The number of ether oxygens (including phenoxy) is 3. The lowest BCUT2D eigenvalue weighted by atomic mass is 10.1. The van der Waals surface area contributed by atoms with Gasteiger partial charge in [0.15, 0.2) is 5.76 Å². The summed E-state index contributed by atoms with van der Waals surface area (Å²) in [5.74, 6) is 2.18. The minimum atomic E-state index is 0.397. The van der Waals surface area contributed by atoms with E-state index in [0.717, 1.165) is 21.7 Å². The van der Waals surface area contributed by atoms with Crippen molar-refractivity contribution < 1.29 is 18.6 Å². The molecule has 0 aliphatic carbocycles. The highest BCUT2D eigenvalue weighted by molar-refractivity contribution is 7.18. The van der Waals surface area contributed by atoms with Crippen LogP contribution in [0.4, 0.5) is 0 Å². The number of imidazole rings is 1. The summed E-state index contributed by atoms with van der Waals surface area (Å²) in [6, 6.07) is 15.5. The van der Waals surface area contributed by atoms with Crippen molar-refractivity contribution in [2.24, 2.45) is 0 Å². The fraction of sp³-hybridized carbons (Fsp3) is 0.143. The Morgan fingerprint density at radius 2 is 1.90 bits per heavy atom. The Morgan fingerprint density at radius 3 is 2.66 bits per heavy atom. The molecular weight excluding hydrogens is 390 g/mol.